The van der Waals surface area contributed by atoms with Crippen molar-refractivity contribution in [3.63, 3.8) is 0 Å². The number of aromatic nitrogens is 4. The second-order valence-corrected chi connectivity index (χ2v) is 15.9. The van der Waals surface area contributed by atoms with Crippen molar-refractivity contribution < 1.29 is 28.1 Å². The van der Waals surface area contributed by atoms with Crippen LogP contribution in [0.3, 0.4) is 0 Å². The predicted octanol–water partition coefficient (Wildman–Crippen LogP) is 8.40. The molecule has 0 spiro atoms. The molecular formula is C43H44ClFN6O5S2. The summed E-state index contributed by atoms with van der Waals surface area (Å²) in [5, 5.41) is 1.71. The molecule has 1 saturated heterocycles. The van der Waals surface area contributed by atoms with E-state index < -0.39 is 12.1 Å². The number of hydrogen-bond acceptors (Lipinski definition) is 13. The molecule has 58 heavy (non-hydrogen) atoms. The number of halogens is 2. The van der Waals surface area contributed by atoms with Crippen molar-refractivity contribution in [1.29, 1.82) is 0 Å². The van der Waals surface area contributed by atoms with Gasteiger partial charge in [0.2, 0.25) is 12.0 Å². The minimum absolute atomic E-state index is 0.121. The maximum atomic E-state index is 14.2. The van der Waals surface area contributed by atoms with Crippen molar-refractivity contribution in [2.24, 2.45) is 0 Å². The predicted molar refractivity (Wildman–Crippen MR) is 227 cm³/mol. The fraction of sp³-hybridized carbons (Fsp3) is 0.326. The molecule has 6 aromatic rings. The number of hydrogen-bond donors (Lipinski definition) is 0. The number of piperazine rings is 1. The lowest BCUT2D eigenvalue weighted by Crippen LogP contribution is -2.45. The summed E-state index contributed by atoms with van der Waals surface area (Å²) in [6, 6.07) is 19.4. The van der Waals surface area contributed by atoms with Gasteiger partial charge in [0.15, 0.2) is 5.16 Å². The number of fused-ring (bicyclic) bond motifs is 1. The Morgan fingerprint density at radius 1 is 0.983 bits per heavy atom. The lowest BCUT2D eigenvalue weighted by Gasteiger charge is -2.32. The zero-order chi connectivity index (χ0) is 40.6. The van der Waals surface area contributed by atoms with Crippen LogP contribution >= 0.6 is 34.7 Å². The van der Waals surface area contributed by atoms with Gasteiger partial charge in [0.1, 0.15) is 41.7 Å². The molecule has 0 N–H and O–H groups in total. The van der Waals surface area contributed by atoms with Gasteiger partial charge in [-0.15, -0.1) is 11.3 Å². The van der Waals surface area contributed by atoms with Crippen LogP contribution in [-0.2, 0) is 22.6 Å². The lowest BCUT2D eigenvalue weighted by atomic mass is 9.96. The van der Waals surface area contributed by atoms with Gasteiger partial charge in [-0.25, -0.2) is 29.1 Å². The quantitative estimate of drug-likeness (QED) is 0.0530. The first-order valence-electron chi connectivity index (χ1n) is 19.0. The summed E-state index contributed by atoms with van der Waals surface area (Å²) in [4.78, 5) is 37.8. The molecule has 7 rings (SSSR count). The number of esters is 1. The number of carbonyl (C=O) groups excluding carboxylic acids is 1. The van der Waals surface area contributed by atoms with Crippen molar-refractivity contribution in [3.05, 3.63) is 107 Å². The Morgan fingerprint density at radius 2 is 1.78 bits per heavy atom. The van der Waals surface area contributed by atoms with Gasteiger partial charge in [-0.3, -0.25) is 4.90 Å². The number of thiophene rings is 1. The Kier molecular flexibility index (Phi) is 13.7. The Bertz CT molecular complexity index is 2360. The number of para-hydroxylation sites is 1. The van der Waals surface area contributed by atoms with E-state index in [1.165, 1.54) is 41.6 Å². The molecule has 3 aromatic carbocycles. The summed E-state index contributed by atoms with van der Waals surface area (Å²) in [7, 11) is 2.14. The molecule has 3 aromatic heterocycles. The Morgan fingerprint density at radius 3 is 2.55 bits per heavy atom. The van der Waals surface area contributed by atoms with Crippen molar-refractivity contribution in [2.45, 2.75) is 38.1 Å². The van der Waals surface area contributed by atoms with Crippen LogP contribution in [0.15, 0.2) is 84.4 Å². The van der Waals surface area contributed by atoms with Gasteiger partial charge in [-0.05, 0) is 79.7 Å². The zero-order valence-electron chi connectivity index (χ0n) is 32.7. The topological polar surface area (TPSA) is 112 Å². The molecule has 0 aliphatic carbocycles. The SMILES string of the molecule is CCOC(=O)[C@H](Cc1ccccc1OCc1ccnc(SC)n1)Oc1ncnc2sc(-c3ccc(F)cc3)c(-c3ccc(OCCN4CCN(C)CC4)c(Cl)c3C)c12. The number of benzene rings is 3. The fourth-order valence-electron chi connectivity index (χ4n) is 6.72. The Balaban J connectivity index is 1.23. The third-order valence-corrected chi connectivity index (χ3v) is 12.1. The van der Waals surface area contributed by atoms with E-state index >= 15 is 0 Å². The van der Waals surface area contributed by atoms with Crippen molar-refractivity contribution in [2.75, 3.05) is 59.2 Å². The zero-order valence-corrected chi connectivity index (χ0v) is 35.1. The monoisotopic (exact) mass is 842 g/mol. The summed E-state index contributed by atoms with van der Waals surface area (Å²) in [5.41, 5.74) is 4.54. The van der Waals surface area contributed by atoms with Crippen LogP contribution in [0, 0.1) is 12.7 Å². The van der Waals surface area contributed by atoms with Crippen molar-refractivity contribution in [3.8, 4) is 38.9 Å². The molecule has 1 atom stereocenters. The van der Waals surface area contributed by atoms with Crippen LogP contribution in [-0.4, -0.2) is 101 Å². The third kappa shape index (κ3) is 9.70. The number of rotatable bonds is 16. The second-order valence-electron chi connectivity index (χ2n) is 13.7. The Hall–Kier alpha value is -4.86. The number of likely N-dealkylation sites (N-methyl/N-ethyl adjacent to an activating group) is 1. The summed E-state index contributed by atoms with van der Waals surface area (Å²) in [6.07, 6.45) is 4.04. The van der Waals surface area contributed by atoms with E-state index in [-0.39, 0.29) is 31.3 Å². The third-order valence-electron chi connectivity index (χ3n) is 9.87. The maximum absolute atomic E-state index is 14.2. The maximum Gasteiger partial charge on any atom is 0.347 e. The average molecular weight is 843 g/mol. The fourth-order valence-corrected chi connectivity index (χ4v) is 8.47. The van der Waals surface area contributed by atoms with Gasteiger partial charge < -0.3 is 23.8 Å². The van der Waals surface area contributed by atoms with E-state index in [1.807, 2.05) is 49.6 Å². The molecule has 0 amide bonds. The van der Waals surface area contributed by atoms with E-state index in [4.69, 9.17) is 30.5 Å². The van der Waals surface area contributed by atoms with Gasteiger partial charge in [-0.2, -0.15) is 0 Å². The van der Waals surface area contributed by atoms with Crippen molar-refractivity contribution >= 4 is 50.9 Å². The highest BCUT2D eigenvalue weighted by Gasteiger charge is 2.29. The molecule has 1 aliphatic rings. The lowest BCUT2D eigenvalue weighted by molar-refractivity contribution is -0.151. The minimum Gasteiger partial charge on any atom is -0.491 e. The molecule has 1 fully saturated rings. The minimum atomic E-state index is -1.10. The molecule has 0 bridgehead atoms. The smallest absolute Gasteiger partial charge is 0.347 e. The summed E-state index contributed by atoms with van der Waals surface area (Å²) in [5.74, 6) is 0.437. The van der Waals surface area contributed by atoms with Crippen LogP contribution < -0.4 is 14.2 Å². The van der Waals surface area contributed by atoms with E-state index in [1.54, 1.807) is 31.3 Å². The van der Waals surface area contributed by atoms with Crippen LogP contribution in [0.25, 0.3) is 31.8 Å². The number of carbonyl (C=O) groups is 1. The molecule has 4 heterocycles. The first kappa shape index (κ1) is 41.3. The van der Waals surface area contributed by atoms with Crippen LogP contribution in [0.5, 0.6) is 17.4 Å². The molecule has 0 unspecified atom stereocenters. The van der Waals surface area contributed by atoms with Gasteiger partial charge in [0.25, 0.3) is 0 Å². The van der Waals surface area contributed by atoms with E-state index in [2.05, 4.69) is 36.8 Å². The standard InChI is InChI=1S/C43H44ClFN6O5S2/c1-5-53-42(52)35(24-29-8-6-7-9-33(29)55-25-31-16-17-46-43(49-31)57-4)56-40-37-36(39(58-41(37)48-26-47-40)28-10-12-30(45)13-11-28)32-14-15-34(38(44)27(32)2)54-23-22-51-20-18-50(3)19-21-51/h6-17,26,35H,5,18-25H2,1-4H3/t35-/m0/s1. The first-order chi connectivity index (χ1) is 28.2. The van der Waals surface area contributed by atoms with E-state index in [9.17, 15) is 9.18 Å². The molecule has 11 nitrogen and oxygen atoms in total. The van der Waals surface area contributed by atoms with Gasteiger partial charge in [-0.1, -0.05) is 59.8 Å². The second kappa shape index (κ2) is 19.3. The molecule has 302 valence electrons. The molecule has 0 radical (unpaired) electrons. The highest BCUT2D eigenvalue weighted by molar-refractivity contribution is 7.98. The largest absolute Gasteiger partial charge is 0.491 e. The van der Waals surface area contributed by atoms with Gasteiger partial charge >= 0.3 is 5.97 Å². The average Bonchev–Trinajstić information content (AvgIpc) is 3.63. The molecule has 0 saturated carbocycles. The van der Waals surface area contributed by atoms with E-state index in [0.717, 1.165) is 71.1 Å². The summed E-state index contributed by atoms with van der Waals surface area (Å²) < 4.78 is 38.8. The number of nitrogens with zero attached hydrogens (tertiary/aromatic N) is 6. The van der Waals surface area contributed by atoms with E-state index in [0.29, 0.717) is 38.5 Å². The number of ether oxygens (including phenoxy) is 4. The molecule has 1 aliphatic heterocycles. The highest BCUT2D eigenvalue weighted by atomic mass is 35.5. The molecule has 15 heteroatoms. The highest BCUT2D eigenvalue weighted by Crippen LogP contribution is 2.49. The summed E-state index contributed by atoms with van der Waals surface area (Å²) >= 11 is 9.94. The molecular weight excluding hydrogens is 799 g/mol. The van der Waals surface area contributed by atoms with Gasteiger partial charge in [0, 0.05) is 55.8 Å². The normalized spacial score (nSPS) is 14.0. The van der Waals surface area contributed by atoms with Crippen molar-refractivity contribution in [1.82, 2.24) is 29.7 Å². The number of thioether (sulfide) groups is 1. The van der Waals surface area contributed by atoms with Gasteiger partial charge in [0.05, 0.1) is 22.7 Å². The van der Waals surface area contributed by atoms with Crippen LogP contribution in [0.2, 0.25) is 5.02 Å². The first-order valence-corrected chi connectivity index (χ1v) is 21.4. The Labute approximate surface area is 350 Å². The van der Waals surface area contributed by atoms with Crippen LogP contribution in [0.1, 0.15) is 23.7 Å². The summed E-state index contributed by atoms with van der Waals surface area (Å²) in [6.45, 7) is 9.39. The van der Waals surface area contributed by atoms with Crippen LogP contribution in [0.4, 0.5) is 4.39 Å².